The SMILES string of the molecule is CSc1nc(N)n2nc(-c3ccncc3Cl)nc2n1. The second-order valence-electron chi connectivity index (χ2n) is 3.57. The van der Waals surface area contributed by atoms with Crippen LogP contribution in [-0.2, 0) is 0 Å². The van der Waals surface area contributed by atoms with Crippen LogP contribution in [0.5, 0.6) is 0 Å². The summed E-state index contributed by atoms with van der Waals surface area (Å²) in [6, 6.07) is 1.73. The summed E-state index contributed by atoms with van der Waals surface area (Å²) in [6.07, 6.45) is 5.02. The number of anilines is 1. The van der Waals surface area contributed by atoms with Crippen LogP contribution in [0.25, 0.3) is 17.2 Å². The lowest BCUT2D eigenvalue weighted by atomic mass is 10.2. The Morgan fingerprint density at radius 1 is 1.32 bits per heavy atom. The highest BCUT2D eigenvalue weighted by atomic mass is 35.5. The van der Waals surface area contributed by atoms with Crippen molar-refractivity contribution in [2.75, 3.05) is 12.0 Å². The zero-order valence-corrected chi connectivity index (χ0v) is 11.4. The van der Waals surface area contributed by atoms with Crippen LogP contribution in [0.3, 0.4) is 0 Å². The second-order valence-corrected chi connectivity index (χ2v) is 4.75. The maximum absolute atomic E-state index is 6.06. The first kappa shape index (κ1) is 12.1. The van der Waals surface area contributed by atoms with E-state index in [1.807, 2.05) is 6.26 Å². The Morgan fingerprint density at radius 3 is 2.89 bits per heavy atom. The van der Waals surface area contributed by atoms with Crippen LogP contribution in [-0.4, -0.2) is 35.8 Å². The third kappa shape index (κ3) is 2.08. The molecule has 3 heterocycles. The van der Waals surface area contributed by atoms with Crippen molar-refractivity contribution in [1.29, 1.82) is 0 Å². The number of hydrogen-bond acceptors (Lipinski definition) is 7. The Balaban J connectivity index is 2.22. The first-order valence-corrected chi connectivity index (χ1v) is 6.83. The smallest absolute Gasteiger partial charge is 0.258 e. The van der Waals surface area contributed by atoms with Gasteiger partial charge in [0.2, 0.25) is 5.95 Å². The Bertz CT molecular complexity index is 757. The van der Waals surface area contributed by atoms with Gasteiger partial charge in [0, 0.05) is 18.0 Å². The van der Waals surface area contributed by atoms with Crippen molar-refractivity contribution in [2.45, 2.75) is 5.16 Å². The van der Waals surface area contributed by atoms with Gasteiger partial charge in [0.05, 0.1) is 5.02 Å². The van der Waals surface area contributed by atoms with Gasteiger partial charge in [-0.15, -0.1) is 5.10 Å². The average Bonchev–Trinajstić information content (AvgIpc) is 2.83. The largest absolute Gasteiger partial charge is 0.368 e. The van der Waals surface area contributed by atoms with Gasteiger partial charge < -0.3 is 5.73 Å². The van der Waals surface area contributed by atoms with Gasteiger partial charge in [0.25, 0.3) is 5.78 Å². The number of nitrogens with zero attached hydrogens (tertiary/aromatic N) is 6. The molecule has 9 heteroatoms. The third-order valence-electron chi connectivity index (χ3n) is 2.41. The monoisotopic (exact) mass is 293 g/mol. The molecule has 0 saturated heterocycles. The minimum absolute atomic E-state index is 0.235. The van der Waals surface area contributed by atoms with Crippen LogP contribution in [0.15, 0.2) is 23.6 Å². The maximum atomic E-state index is 6.06. The number of fused-ring (bicyclic) bond motifs is 1. The molecule has 0 atom stereocenters. The highest BCUT2D eigenvalue weighted by molar-refractivity contribution is 7.98. The third-order valence-corrected chi connectivity index (χ3v) is 3.26. The quantitative estimate of drug-likeness (QED) is 0.716. The highest BCUT2D eigenvalue weighted by Crippen LogP contribution is 2.24. The summed E-state index contributed by atoms with van der Waals surface area (Å²) in [7, 11) is 0. The minimum Gasteiger partial charge on any atom is -0.368 e. The molecule has 0 unspecified atom stereocenters. The van der Waals surface area contributed by atoms with Crippen LogP contribution in [0, 0.1) is 0 Å². The number of halogens is 1. The predicted molar refractivity (Wildman–Crippen MR) is 73.0 cm³/mol. The topological polar surface area (TPSA) is 94.9 Å². The van der Waals surface area contributed by atoms with Gasteiger partial charge >= 0.3 is 0 Å². The van der Waals surface area contributed by atoms with Crippen molar-refractivity contribution in [1.82, 2.24) is 29.5 Å². The van der Waals surface area contributed by atoms with Gasteiger partial charge in [-0.25, -0.2) is 0 Å². The summed E-state index contributed by atoms with van der Waals surface area (Å²) in [5.41, 5.74) is 6.49. The molecule has 3 aromatic rings. The summed E-state index contributed by atoms with van der Waals surface area (Å²) in [6.45, 7) is 0. The van der Waals surface area contributed by atoms with Crippen LogP contribution in [0.2, 0.25) is 5.02 Å². The molecule has 2 N–H and O–H groups in total. The Morgan fingerprint density at radius 2 is 2.16 bits per heavy atom. The van der Waals surface area contributed by atoms with Crippen molar-refractivity contribution in [3.8, 4) is 11.4 Å². The molecule has 0 aliphatic rings. The first-order chi connectivity index (χ1) is 9.19. The molecule has 0 aliphatic carbocycles. The average molecular weight is 294 g/mol. The normalized spacial score (nSPS) is 11.1. The molecule has 0 amide bonds. The van der Waals surface area contributed by atoms with E-state index in [1.165, 1.54) is 22.5 Å². The summed E-state index contributed by atoms with van der Waals surface area (Å²) in [5.74, 6) is 1.06. The van der Waals surface area contributed by atoms with E-state index in [1.54, 1.807) is 12.3 Å². The van der Waals surface area contributed by atoms with E-state index < -0.39 is 0 Å². The van der Waals surface area contributed by atoms with Gasteiger partial charge in [-0.05, 0) is 12.3 Å². The standard InChI is InChI=1S/C10H8ClN7S/c1-19-10-15-8(12)18-9(16-10)14-7(17-18)5-2-3-13-4-6(5)11/h2-4H,1H3,(H2,12,14,15,16,17). The van der Waals surface area contributed by atoms with E-state index in [9.17, 15) is 0 Å². The Hall–Kier alpha value is -1.93. The Labute approximate surface area is 117 Å². The van der Waals surface area contributed by atoms with E-state index in [2.05, 4.69) is 25.0 Å². The van der Waals surface area contributed by atoms with Crippen LogP contribution in [0.4, 0.5) is 5.95 Å². The van der Waals surface area contributed by atoms with E-state index in [0.29, 0.717) is 27.3 Å². The number of thioether (sulfide) groups is 1. The van der Waals surface area contributed by atoms with Crippen molar-refractivity contribution in [2.24, 2.45) is 0 Å². The van der Waals surface area contributed by atoms with Gasteiger partial charge in [-0.2, -0.15) is 19.5 Å². The van der Waals surface area contributed by atoms with E-state index >= 15 is 0 Å². The fraction of sp³-hybridized carbons (Fsp3) is 0.100. The molecule has 0 spiro atoms. The lowest BCUT2D eigenvalue weighted by Gasteiger charge is -1.98. The zero-order valence-electron chi connectivity index (χ0n) is 9.78. The molecule has 96 valence electrons. The maximum Gasteiger partial charge on any atom is 0.258 e. The van der Waals surface area contributed by atoms with Crippen molar-refractivity contribution in [3.63, 3.8) is 0 Å². The lowest BCUT2D eigenvalue weighted by Crippen LogP contribution is -2.04. The summed E-state index contributed by atoms with van der Waals surface area (Å²) < 4.78 is 1.38. The van der Waals surface area contributed by atoms with Gasteiger partial charge in [-0.3, -0.25) is 4.98 Å². The van der Waals surface area contributed by atoms with E-state index in [0.717, 1.165) is 0 Å². The van der Waals surface area contributed by atoms with Gasteiger partial charge in [0.15, 0.2) is 11.0 Å². The molecular weight excluding hydrogens is 286 g/mol. The summed E-state index contributed by atoms with van der Waals surface area (Å²) >= 11 is 7.45. The molecule has 0 aromatic carbocycles. The fourth-order valence-electron chi connectivity index (χ4n) is 1.55. The van der Waals surface area contributed by atoms with Crippen LogP contribution in [0.1, 0.15) is 0 Å². The minimum atomic E-state index is 0.235. The number of pyridine rings is 1. The molecule has 0 radical (unpaired) electrons. The molecule has 7 nitrogen and oxygen atoms in total. The molecular formula is C10H8ClN7S. The first-order valence-electron chi connectivity index (χ1n) is 5.23. The molecule has 19 heavy (non-hydrogen) atoms. The fourth-order valence-corrected chi connectivity index (χ4v) is 2.11. The van der Waals surface area contributed by atoms with Gasteiger partial charge in [-0.1, -0.05) is 23.4 Å². The highest BCUT2D eigenvalue weighted by Gasteiger charge is 2.13. The number of aromatic nitrogens is 6. The summed E-state index contributed by atoms with van der Waals surface area (Å²) in [5, 5.41) is 5.27. The number of hydrogen-bond donors (Lipinski definition) is 1. The van der Waals surface area contributed by atoms with Gasteiger partial charge in [0.1, 0.15) is 0 Å². The van der Waals surface area contributed by atoms with Crippen LogP contribution < -0.4 is 5.73 Å². The molecule has 0 saturated carbocycles. The Kier molecular flexibility index (Phi) is 2.96. The molecule has 3 aromatic heterocycles. The number of rotatable bonds is 2. The molecule has 3 rings (SSSR count). The number of nitrogens with two attached hydrogens (primary N) is 1. The lowest BCUT2D eigenvalue weighted by molar-refractivity contribution is 0.851. The predicted octanol–water partition coefficient (Wildman–Crippen LogP) is 1.54. The zero-order chi connectivity index (χ0) is 13.4. The molecule has 0 fully saturated rings. The van der Waals surface area contributed by atoms with Crippen molar-refractivity contribution < 1.29 is 0 Å². The molecule has 0 aliphatic heterocycles. The van der Waals surface area contributed by atoms with E-state index in [-0.39, 0.29) is 5.95 Å². The van der Waals surface area contributed by atoms with E-state index in [4.69, 9.17) is 17.3 Å². The van der Waals surface area contributed by atoms with Crippen LogP contribution >= 0.6 is 23.4 Å². The molecule has 0 bridgehead atoms. The summed E-state index contributed by atoms with van der Waals surface area (Å²) in [4.78, 5) is 16.6. The van der Waals surface area contributed by atoms with Crippen molar-refractivity contribution >= 4 is 35.1 Å². The number of nitrogen functional groups attached to an aromatic ring is 1. The van der Waals surface area contributed by atoms with Crippen molar-refractivity contribution in [3.05, 3.63) is 23.5 Å². The second kappa shape index (κ2) is 4.63.